The van der Waals surface area contributed by atoms with Gasteiger partial charge >= 0.3 is 0 Å². The first-order valence-corrected chi connectivity index (χ1v) is 7.34. The van der Waals surface area contributed by atoms with Crippen LogP contribution < -0.4 is 5.32 Å². The minimum absolute atomic E-state index is 0.539. The van der Waals surface area contributed by atoms with Crippen molar-refractivity contribution in [1.29, 1.82) is 0 Å². The summed E-state index contributed by atoms with van der Waals surface area (Å²) in [4.78, 5) is 3.25. The van der Waals surface area contributed by atoms with Crippen molar-refractivity contribution in [2.75, 3.05) is 6.54 Å². The third kappa shape index (κ3) is 1.63. The molecule has 1 fully saturated rings. The minimum Gasteiger partial charge on any atom is -0.314 e. The summed E-state index contributed by atoms with van der Waals surface area (Å²) in [5, 5.41) is 3.60. The molecule has 1 spiro atoms. The van der Waals surface area contributed by atoms with Gasteiger partial charge in [0.25, 0.3) is 0 Å². The number of thiophene rings is 1. The van der Waals surface area contributed by atoms with Gasteiger partial charge < -0.3 is 5.32 Å². The zero-order chi connectivity index (χ0) is 11.2. The van der Waals surface area contributed by atoms with Gasteiger partial charge in [-0.25, -0.2) is 0 Å². The van der Waals surface area contributed by atoms with Gasteiger partial charge in [-0.15, -0.1) is 11.3 Å². The molecule has 88 valence electrons. The van der Waals surface area contributed by atoms with Gasteiger partial charge in [0, 0.05) is 21.2 Å². The maximum Gasteiger partial charge on any atom is 0.0143 e. The molecule has 2 unspecified atom stereocenters. The summed E-state index contributed by atoms with van der Waals surface area (Å²) in [5.41, 5.74) is 2.21. The Labute approximate surface area is 102 Å². The highest BCUT2D eigenvalue weighted by molar-refractivity contribution is 7.12. The Morgan fingerprint density at radius 1 is 1.44 bits per heavy atom. The Balaban J connectivity index is 2.02. The second-order valence-corrected chi connectivity index (χ2v) is 6.91. The van der Waals surface area contributed by atoms with Gasteiger partial charge in [-0.3, -0.25) is 0 Å². The van der Waals surface area contributed by atoms with Crippen molar-refractivity contribution in [2.45, 2.75) is 57.4 Å². The van der Waals surface area contributed by atoms with E-state index in [1.807, 2.05) is 0 Å². The van der Waals surface area contributed by atoms with Crippen LogP contribution in [0.1, 0.15) is 47.9 Å². The van der Waals surface area contributed by atoms with Crippen molar-refractivity contribution >= 4 is 11.3 Å². The standard InChI is InChI=1S/C14H21NS/c1-10-9-14(6-7-15-10)5-3-4-12-8-11(2)16-13(12)14/h8,10,15H,3-7,9H2,1-2H3. The van der Waals surface area contributed by atoms with Crippen LogP contribution >= 0.6 is 11.3 Å². The highest BCUT2D eigenvalue weighted by Gasteiger charge is 2.40. The predicted octanol–water partition coefficient (Wildman–Crippen LogP) is 3.40. The first-order valence-electron chi connectivity index (χ1n) is 6.53. The maximum absolute atomic E-state index is 3.60. The molecule has 0 saturated carbocycles. The molecule has 1 nitrogen and oxygen atoms in total. The number of fused-ring (bicyclic) bond motifs is 2. The molecule has 1 saturated heterocycles. The normalized spacial score (nSPS) is 34.0. The quantitative estimate of drug-likeness (QED) is 0.726. The molecule has 0 bridgehead atoms. The van der Waals surface area contributed by atoms with Gasteiger partial charge in [0.05, 0.1) is 0 Å². The molecule has 1 N–H and O–H groups in total. The number of aryl methyl sites for hydroxylation is 2. The summed E-state index contributed by atoms with van der Waals surface area (Å²) in [6, 6.07) is 3.13. The third-order valence-electron chi connectivity index (χ3n) is 4.31. The highest BCUT2D eigenvalue weighted by atomic mass is 32.1. The summed E-state index contributed by atoms with van der Waals surface area (Å²) in [6.07, 6.45) is 6.84. The van der Waals surface area contributed by atoms with Crippen LogP contribution in [0.2, 0.25) is 0 Å². The topological polar surface area (TPSA) is 12.0 Å². The molecule has 2 heteroatoms. The smallest absolute Gasteiger partial charge is 0.0143 e. The molecule has 2 atom stereocenters. The molecule has 1 aliphatic heterocycles. The molecular weight excluding hydrogens is 214 g/mol. The predicted molar refractivity (Wildman–Crippen MR) is 70.4 cm³/mol. The van der Waals surface area contributed by atoms with Crippen LogP contribution in [-0.4, -0.2) is 12.6 Å². The van der Waals surface area contributed by atoms with E-state index in [2.05, 4.69) is 36.6 Å². The third-order valence-corrected chi connectivity index (χ3v) is 5.65. The molecule has 1 aromatic heterocycles. The first-order chi connectivity index (χ1) is 7.70. The monoisotopic (exact) mass is 235 g/mol. The van der Waals surface area contributed by atoms with Crippen LogP contribution in [0.5, 0.6) is 0 Å². The number of nitrogens with one attached hydrogen (secondary N) is 1. The molecule has 0 radical (unpaired) electrons. The van der Waals surface area contributed by atoms with Crippen molar-refractivity contribution in [3.05, 3.63) is 21.4 Å². The first kappa shape index (κ1) is 10.8. The lowest BCUT2D eigenvalue weighted by atomic mass is 9.68. The number of piperidine rings is 1. The van der Waals surface area contributed by atoms with Gasteiger partial charge in [0.15, 0.2) is 0 Å². The molecule has 2 heterocycles. The fourth-order valence-corrected chi connectivity index (χ4v) is 5.00. The number of hydrogen-bond acceptors (Lipinski definition) is 2. The Bertz CT molecular complexity index is 395. The van der Waals surface area contributed by atoms with E-state index in [1.165, 1.54) is 43.5 Å². The fraction of sp³-hybridized carbons (Fsp3) is 0.714. The Morgan fingerprint density at radius 2 is 2.31 bits per heavy atom. The molecule has 3 rings (SSSR count). The lowest BCUT2D eigenvalue weighted by Crippen LogP contribution is -2.46. The van der Waals surface area contributed by atoms with E-state index in [4.69, 9.17) is 0 Å². The van der Waals surface area contributed by atoms with Gasteiger partial charge in [-0.2, -0.15) is 0 Å². The molecular formula is C14H21NS. The van der Waals surface area contributed by atoms with Crippen molar-refractivity contribution in [3.8, 4) is 0 Å². The minimum atomic E-state index is 0.539. The van der Waals surface area contributed by atoms with Crippen LogP contribution in [-0.2, 0) is 11.8 Å². The van der Waals surface area contributed by atoms with Crippen molar-refractivity contribution < 1.29 is 0 Å². The van der Waals surface area contributed by atoms with Crippen LogP contribution in [0.3, 0.4) is 0 Å². The zero-order valence-electron chi connectivity index (χ0n) is 10.3. The highest BCUT2D eigenvalue weighted by Crippen LogP contribution is 2.48. The Hall–Kier alpha value is -0.340. The van der Waals surface area contributed by atoms with E-state index < -0.39 is 0 Å². The SMILES string of the molecule is Cc1cc2c(s1)C1(CCC2)CCNC(C)C1. The average Bonchev–Trinajstić information content (AvgIpc) is 2.60. The lowest BCUT2D eigenvalue weighted by Gasteiger charge is -2.43. The molecule has 1 aliphatic carbocycles. The molecule has 0 amide bonds. The van der Waals surface area contributed by atoms with Crippen molar-refractivity contribution in [3.63, 3.8) is 0 Å². The Morgan fingerprint density at radius 3 is 3.12 bits per heavy atom. The molecule has 16 heavy (non-hydrogen) atoms. The summed E-state index contributed by atoms with van der Waals surface area (Å²) >= 11 is 2.07. The number of hydrogen-bond donors (Lipinski definition) is 1. The van der Waals surface area contributed by atoms with Crippen molar-refractivity contribution in [1.82, 2.24) is 5.32 Å². The average molecular weight is 235 g/mol. The van der Waals surface area contributed by atoms with Gasteiger partial charge in [-0.1, -0.05) is 0 Å². The van der Waals surface area contributed by atoms with Crippen LogP contribution in [0.15, 0.2) is 6.07 Å². The summed E-state index contributed by atoms with van der Waals surface area (Å²) in [7, 11) is 0. The number of rotatable bonds is 0. The van der Waals surface area contributed by atoms with Gasteiger partial charge in [-0.05, 0) is 64.1 Å². The van der Waals surface area contributed by atoms with Gasteiger partial charge in [0.1, 0.15) is 0 Å². The Kier molecular flexibility index (Phi) is 2.60. The molecule has 2 aliphatic rings. The van der Waals surface area contributed by atoms with Gasteiger partial charge in [0.2, 0.25) is 0 Å². The van der Waals surface area contributed by atoms with Crippen LogP contribution in [0.4, 0.5) is 0 Å². The maximum atomic E-state index is 3.60. The molecule has 0 aromatic carbocycles. The van der Waals surface area contributed by atoms with Crippen molar-refractivity contribution in [2.24, 2.45) is 0 Å². The van der Waals surface area contributed by atoms with Crippen LogP contribution in [0, 0.1) is 6.92 Å². The summed E-state index contributed by atoms with van der Waals surface area (Å²) in [6.45, 7) is 5.81. The van der Waals surface area contributed by atoms with Crippen LogP contribution in [0.25, 0.3) is 0 Å². The van der Waals surface area contributed by atoms with E-state index in [9.17, 15) is 0 Å². The lowest BCUT2D eigenvalue weighted by molar-refractivity contribution is 0.236. The summed E-state index contributed by atoms with van der Waals surface area (Å²) in [5.74, 6) is 0. The van der Waals surface area contributed by atoms with E-state index in [0.29, 0.717) is 11.5 Å². The molecule has 1 aromatic rings. The van der Waals surface area contributed by atoms with E-state index in [0.717, 1.165) is 0 Å². The zero-order valence-corrected chi connectivity index (χ0v) is 11.1. The van der Waals surface area contributed by atoms with E-state index >= 15 is 0 Å². The second kappa shape index (κ2) is 3.85. The fourth-order valence-electron chi connectivity index (χ4n) is 3.68. The van der Waals surface area contributed by atoms with E-state index in [1.54, 1.807) is 10.4 Å². The van der Waals surface area contributed by atoms with E-state index in [-0.39, 0.29) is 0 Å². The largest absolute Gasteiger partial charge is 0.314 e. The second-order valence-electron chi connectivity index (χ2n) is 5.65. The summed E-state index contributed by atoms with van der Waals surface area (Å²) < 4.78 is 0.